The van der Waals surface area contributed by atoms with E-state index in [1.807, 2.05) is 24.9 Å². The highest BCUT2D eigenvalue weighted by molar-refractivity contribution is 5.18. The van der Waals surface area contributed by atoms with Gasteiger partial charge in [-0.1, -0.05) is 6.92 Å². The van der Waals surface area contributed by atoms with Gasteiger partial charge in [0.2, 0.25) is 0 Å². The number of hydrogen-bond acceptors (Lipinski definition) is 2. The SMILES string of the molecule is CCc1cnn(C)c1CC(C)N. The van der Waals surface area contributed by atoms with Gasteiger partial charge in [0.1, 0.15) is 0 Å². The Morgan fingerprint density at radius 2 is 2.33 bits per heavy atom. The van der Waals surface area contributed by atoms with Gasteiger partial charge in [-0.2, -0.15) is 5.10 Å². The zero-order valence-electron chi connectivity index (χ0n) is 8.04. The third-order valence-electron chi connectivity index (χ3n) is 2.04. The first kappa shape index (κ1) is 9.26. The van der Waals surface area contributed by atoms with Crippen molar-refractivity contribution in [3.8, 4) is 0 Å². The minimum atomic E-state index is 0.214. The molecular formula is C9H17N3. The molecule has 0 spiro atoms. The molecule has 1 aromatic rings. The maximum Gasteiger partial charge on any atom is 0.0524 e. The molecule has 68 valence electrons. The van der Waals surface area contributed by atoms with Crippen molar-refractivity contribution in [2.24, 2.45) is 12.8 Å². The summed E-state index contributed by atoms with van der Waals surface area (Å²) in [5, 5.41) is 4.20. The van der Waals surface area contributed by atoms with Crippen molar-refractivity contribution in [1.29, 1.82) is 0 Å². The Morgan fingerprint density at radius 1 is 1.67 bits per heavy atom. The maximum absolute atomic E-state index is 5.73. The van der Waals surface area contributed by atoms with Gasteiger partial charge in [-0.3, -0.25) is 4.68 Å². The van der Waals surface area contributed by atoms with Gasteiger partial charge in [0.15, 0.2) is 0 Å². The fourth-order valence-corrected chi connectivity index (χ4v) is 1.37. The average Bonchev–Trinajstić information content (AvgIpc) is 2.32. The van der Waals surface area contributed by atoms with E-state index in [0.29, 0.717) is 0 Å². The molecule has 3 heteroatoms. The second kappa shape index (κ2) is 3.72. The van der Waals surface area contributed by atoms with Crippen molar-refractivity contribution in [3.05, 3.63) is 17.5 Å². The lowest BCUT2D eigenvalue weighted by Gasteiger charge is -2.07. The number of aryl methyl sites for hydroxylation is 2. The Kier molecular flexibility index (Phi) is 2.87. The van der Waals surface area contributed by atoms with Crippen LogP contribution in [0.1, 0.15) is 25.1 Å². The maximum atomic E-state index is 5.73. The number of nitrogens with zero attached hydrogens (tertiary/aromatic N) is 2. The number of hydrogen-bond donors (Lipinski definition) is 1. The summed E-state index contributed by atoms with van der Waals surface area (Å²) < 4.78 is 1.92. The van der Waals surface area contributed by atoms with Gasteiger partial charge < -0.3 is 5.73 Å². The quantitative estimate of drug-likeness (QED) is 0.726. The van der Waals surface area contributed by atoms with Crippen molar-refractivity contribution >= 4 is 0 Å². The predicted octanol–water partition coefficient (Wildman–Crippen LogP) is 0.872. The van der Waals surface area contributed by atoms with Crippen LogP contribution in [-0.4, -0.2) is 15.8 Å². The fourth-order valence-electron chi connectivity index (χ4n) is 1.37. The molecule has 12 heavy (non-hydrogen) atoms. The second-order valence-corrected chi connectivity index (χ2v) is 3.28. The fraction of sp³-hybridized carbons (Fsp3) is 0.667. The van der Waals surface area contributed by atoms with Crippen LogP contribution in [0.25, 0.3) is 0 Å². The molecule has 0 aliphatic carbocycles. The highest BCUT2D eigenvalue weighted by Crippen LogP contribution is 2.09. The van der Waals surface area contributed by atoms with Crippen LogP contribution < -0.4 is 5.73 Å². The number of rotatable bonds is 3. The highest BCUT2D eigenvalue weighted by Gasteiger charge is 2.07. The molecule has 0 saturated carbocycles. The van der Waals surface area contributed by atoms with Crippen LogP contribution in [0.15, 0.2) is 6.20 Å². The van der Waals surface area contributed by atoms with Crippen LogP contribution in [0.4, 0.5) is 0 Å². The first-order valence-electron chi connectivity index (χ1n) is 4.40. The Balaban J connectivity index is 2.86. The Labute approximate surface area is 73.6 Å². The molecule has 3 nitrogen and oxygen atoms in total. The summed E-state index contributed by atoms with van der Waals surface area (Å²) in [7, 11) is 1.97. The summed E-state index contributed by atoms with van der Waals surface area (Å²) >= 11 is 0. The monoisotopic (exact) mass is 167 g/mol. The molecule has 1 rings (SSSR count). The molecule has 0 saturated heterocycles. The zero-order chi connectivity index (χ0) is 9.14. The summed E-state index contributed by atoms with van der Waals surface area (Å²) in [6.45, 7) is 4.16. The van der Waals surface area contributed by atoms with E-state index in [2.05, 4.69) is 12.0 Å². The molecule has 1 aromatic heterocycles. The van der Waals surface area contributed by atoms with E-state index in [1.54, 1.807) is 0 Å². The molecule has 1 heterocycles. The summed E-state index contributed by atoms with van der Waals surface area (Å²) in [4.78, 5) is 0. The van der Waals surface area contributed by atoms with Gasteiger partial charge in [-0.05, 0) is 18.9 Å². The van der Waals surface area contributed by atoms with Crippen LogP contribution in [0.3, 0.4) is 0 Å². The lowest BCUT2D eigenvalue weighted by Crippen LogP contribution is -2.20. The van der Waals surface area contributed by atoms with Crippen LogP contribution in [0, 0.1) is 0 Å². The lowest BCUT2D eigenvalue weighted by molar-refractivity contribution is 0.646. The van der Waals surface area contributed by atoms with Gasteiger partial charge in [0, 0.05) is 25.2 Å². The van der Waals surface area contributed by atoms with Gasteiger partial charge >= 0.3 is 0 Å². The minimum absolute atomic E-state index is 0.214. The smallest absolute Gasteiger partial charge is 0.0524 e. The summed E-state index contributed by atoms with van der Waals surface area (Å²) in [5.41, 5.74) is 8.32. The largest absolute Gasteiger partial charge is 0.328 e. The Morgan fingerprint density at radius 3 is 2.83 bits per heavy atom. The van der Waals surface area contributed by atoms with Crippen LogP contribution in [-0.2, 0) is 19.9 Å². The van der Waals surface area contributed by atoms with E-state index < -0.39 is 0 Å². The van der Waals surface area contributed by atoms with Gasteiger partial charge in [0.25, 0.3) is 0 Å². The van der Waals surface area contributed by atoms with Crippen molar-refractivity contribution in [3.63, 3.8) is 0 Å². The molecular weight excluding hydrogens is 150 g/mol. The predicted molar refractivity (Wildman–Crippen MR) is 49.9 cm³/mol. The summed E-state index contributed by atoms with van der Waals surface area (Å²) in [6.07, 6.45) is 3.88. The molecule has 0 bridgehead atoms. The normalized spacial score (nSPS) is 13.3. The van der Waals surface area contributed by atoms with Gasteiger partial charge in [0.05, 0.1) is 6.20 Å². The molecule has 0 radical (unpaired) electrons. The topological polar surface area (TPSA) is 43.8 Å². The lowest BCUT2D eigenvalue weighted by atomic mass is 10.1. The molecule has 0 aliphatic rings. The van der Waals surface area contributed by atoms with Crippen LogP contribution >= 0.6 is 0 Å². The van der Waals surface area contributed by atoms with Crippen LogP contribution in [0.2, 0.25) is 0 Å². The molecule has 0 aliphatic heterocycles. The Bertz CT molecular complexity index is 250. The Hall–Kier alpha value is -0.830. The number of nitrogens with two attached hydrogens (primary N) is 1. The third-order valence-corrected chi connectivity index (χ3v) is 2.04. The minimum Gasteiger partial charge on any atom is -0.328 e. The van der Waals surface area contributed by atoms with E-state index in [9.17, 15) is 0 Å². The molecule has 0 aromatic carbocycles. The first-order chi connectivity index (χ1) is 5.65. The van der Waals surface area contributed by atoms with E-state index in [0.717, 1.165) is 12.8 Å². The van der Waals surface area contributed by atoms with E-state index in [-0.39, 0.29) is 6.04 Å². The molecule has 0 amide bonds. The van der Waals surface area contributed by atoms with E-state index in [4.69, 9.17) is 5.73 Å². The van der Waals surface area contributed by atoms with Crippen molar-refractivity contribution < 1.29 is 0 Å². The molecule has 2 N–H and O–H groups in total. The molecule has 0 fully saturated rings. The summed E-state index contributed by atoms with van der Waals surface area (Å²) in [5.74, 6) is 0. The van der Waals surface area contributed by atoms with Crippen molar-refractivity contribution in [1.82, 2.24) is 9.78 Å². The first-order valence-corrected chi connectivity index (χ1v) is 4.40. The average molecular weight is 167 g/mol. The van der Waals surface area contributed by atoms with Crippen molar-refractivity contribution in [2.75, 3.05) is 0 Å². The van der Waals surface area contributed by atoms with Gasteiger partial charge in [-0.25, -0.2) is 0 Å². The van der Waals surface area contributed by atoms with Crippen LogP contribution in [0.5, 0.6) is 0 Å². The number of aromatic nitrogens is 2. The highest BCUT2D eigenvalue weighted by atomic mass is 15.3. The zero-order valence-corrected chi connectivity index (χ0v) is 8.04. The van der Waals surface area contributed by atoms with E-state index in [1.165, 1.54) is 11.3 Å². The second-order valence-electron chi connectivity index (χ2n) is 3.28. The molecule has 1 unspecified atom stereocenters. The molecule has 1 atom stereocenters. The van der Waals surface area contributed by atoms with Gasteiger partial charge in [-0.15, -0.1) is 0 Å². The van der Waals surface area contributed by atoms with E-state index >= 15 is 0 Å². The van der Waals surface area contributed by atoms with Crippen molar-refractivity contribution in [2.45, 2.75) is 32.7 Å². The standard InChI is InChI=1S/C9H17N3/c1-4-8-6-11-12(3)9(8)5-7(2)10/h6-7H,4-5,10H2,1-3H3. The third kappa shape index (κ3) is 1.85. The summed E-state index contributed by atoms with van der Waals surface area (Å²) in [6, 6.07) is 0.214.